The first kappa shape index (κ1) is 37.3. The summed E-state index contributed by atoms with van der Waals surface area (Å²) in [7, 11) is 0. The van der Waals surface area contributed by atoms with Crippen LogP contribution in [0, 0.1) is 0 Å². The van der Waals surface area contributed by atoms with Gasteiger partial charge in [0.25, 0.3) is 0 Å². The molecule has 0 fully saturated rings. The van der Waals surface area contributed by atoms with Gasteiger partial charge in [-0.1, -0.05) is 0 Å². The molecular formula is H5AlMgScTiZr. The monoisotopic (exact) mass is 239 g/mol. The average molecular weight is 240 g/mol. The van der Waals surface area contributed by atoms with Crippen molar-refractivity contribution >= 4 is 40.4 Å². The van der Waals surface area contributed by atoms with Crippen LogP contribution in [0.25, 0.3) is 0 Å². The Hall–Kier alpha value is 3.77. The minimum absolute atomic E-state index is 0. The van der Waals surface area contributed by atoms with Gasteiger partial charge in [0.05, 0.1) is 0 Å². The summed E-state index contributed by atoms with van der Waals surface area (Å²) in [6, 6.07) is 0. The summed E-state index contributed by atoms with van der Waals surface area (Å²) in [5.41, 5.74) is 0. The zero-order chi connectivity index (χ0) is 0. The quantitative estimate of drug-likeness (QED) is 0.425. The zero-order valence-electron chi connectivity index (χ0n) is 1.58. The van der Waals surface area contributed by atoms with Crippen LogP contribution in [0.5, 0.6) is 0 Å². The summed E-state index contributed by atoms with van der Waals surface area (Å²) in [4.78, 5) is 0. The molecule has 0 aliphatic rings. The fourth-order valence-corrected chi connectivity index (χ4v) is 0. The SMILES string of the molecule is [AlH3].[MgH2].[Sc].[Ti].[Zr]. The summed E-state index contributed by atoms with van der Waals surface area (Å²) in [6.45, 7) is 0. The van der Waals surface area contributed by atoms with Crippen molar-refractivity contribution in [2.45, 2.75) is 0 Å². The predicted molar refractivity (Wildman–Crippen MR) is 18.5 cm³/mol. The second-order valence-corrected chi connectivity index (χ2v) is 0. The van der Waals surface area contributed by atoms with Gasteiger partial charge in [-0.05, 0) is 0 Å². The van der Waals surface area contributed by atoms with E-state index in [1.807, 2.05) is 0 Å². The summed E-state index contributed by atoms with van der Waals surface area (Å²) in [6.07, 6.45) is 0. The summed E-state index contributed by atoms with van der Waals surface area (Å²) in [5.74, 6) is 0. The van der Waals surface area contributed by atoms with E-state index in [1.165, 1.54) is 0 Å². The molecule has 1 radical (unpaired) electrons. The third-order valence-electron chi connectivity index (χ3n) is 0. The maximum absolute atomic E-state index is 0. The first-order valence-corrected chi connectivity index (χ1v) is 0. The van der Waals surface area contributed by atoms with Crippen LogP contribution in [0.4, 0.5) is 0 Å². The van der Waals surface area contributed by atoms with E-state index in [2.05, 4.69) is 0 Å². The summed E-state index contributed by atoms with van der Waals surface area (Å²) >= 11 is 0. The minimum Gasteiger partial charge on any atom is 0 e. The van der Waals surface area contributed by atoms with Gasteiger partial charge in [0.2, 0.25) is 0 Å². The van der Waals surface area contributed by atoms with E-state index in [0.29, 0.717) is 0 Å². The van der Waals surface area contributed by atoms with E-state index < -0.39 is 0 Å². The van der Waals surface area contributed by atoms with Crippen LogP contribution in [0.3, 0.4) is 0 Å². The van der Waals surface area contributed by atoms with Gasteiger partial charge in [-0.2, -0.15) is 0 Å². The third kappa shape index (κ3) is 18.2. The van der Waals surface area contributed by atoms with Crippen molar-refractivity contribution < 1.29 is 73.8 Å². The number of rotatable bonds is 0. The Morgan fingerprint density at radius 1 is 1.00 bits per heavy atom. The maximum Gasteiger partial charge on any atom is 0.316 e. The van der Waals surface area contributed by atoms with Crippen molar-refractivity contribution in [3.05, 3.63) is 0 Å². The molecule has 0 amide bonds. The normalized spacial score (nSPS) is 0. The van der Waals surface area contributed by atoms with Gasteiger partial charge in [0, 0.05) is 73.8 Å². The molecule has 0 atom stereocenters. The molecule has 0 saturated carbocycles. The Kier molecular flexibility index (Phi) is 187. The Labute approximate surface area is 112 Å². The van der Waals surface area contributed by atoms with E-state index in [-0.39, 0.29) is 114 Å². The molecular weight excluding hydrogens is 235 g/mol. The van der Waals surface area contributed by atoms with Crippen molar-refractivity contribution in [3.8, 4) is 0 Å². The standard InChI is InChI=1S/Al.Mg.Sc.Ti.Zr.5H. The molecule has 0 aromatic rings. The Morgan fingerprint density at radius 2 is 1.00 bits per heavy atom. The zero-order valence-corrected chi connectivity index (χ0v) is 7.40. The molecule has 0 spiro atoms. The minimum atomic E-state index is 0. The molecule has 0 N–H and O–H groups in total. The first-order valence-electron chi connectivity index (χ1n) is 0. The van der Waals surface area contributed by atoms with Crippen molar-refractivity contribution in [1.29, 1.82) is 0 Å². The summed E-state index contributed by atoms with van der Waals surface area (Å²) in [5, 5.41) is 0. The number of hydrogen-bond donors (Lipinski definition) is 0. The molecule has 0 aliphatic carbocycles. The van der Waals surface area contributed by atoms with Crippen LogP contribution in [-0.2, 0) is 73.8 Å². The average Bonchev–Trinajstić information content (AvgIpc) is 0. The van der Waals surface area contributed by atoms with Crippen molar-refractivity contribution in [2.75, 3.05) is 0 Å². The molecule has 0 unspecified atom stereocenters. The van der Waals surface area contributed by atoms with Gasteiger partial charge in [0.15, 0.2) is 17.4 Å². The van der Waals surface area contributed by atoms with Crippen LogP contribution in [0.15, 0.2) is 0 Å². The Balaban J connectivity index is 0. The Morgan fingerprint density at radius 3 is 1.00 bits per heavy atom. The molecule has 0 rings (SSSR count). The topological polar surface area (TPSA) is 0 Å². The van der Waals surface area contributed by atoms with E-state index in [1.54, 1.807) is 0 Å². The van der Waals surface area contributed by atoms with E-state index in [4.69, 9.17) is 0 Å². The number of hydrogen-bond acceptors (Lipinski definition) is 0. The largest absolute Gasteiger partial charge is 0.316 e. The summed E-state index contributed by atoms with van der Waals surface area (Å²) < 4.78 is 0. The van der Waals surface area contributed by atoms with Gasteiger partial charge in [-0.15, -0.1) is 0 Å². The van der Waals surface area contributed by atoms with Crippen molar-refractivity contribution in [1.82, 2.24) is 0 Å². The van der Waals surface area contributed by atoms with Gasteiger partial charge < -0.3 is 0 Å². The molecule has 5 heavy (non-hydrogen) atoms. The van der Waals surface area contributed by atoms with E-state index in [0.717, 1.165) is 0 Å². The van der Waals surface area contributed by atoms with E-state index >= 15 is 0 Å². The molecule has 0 aromatic heterocycles. The first-order chi connectivity index (χ1) is 0. The molecule has 0 heterocycles. The molecule has 5 heteroatoms. The van der Waals surface area contributed by atoms with Crippen LogP contribution in [-0.4, -0.2) is 40.4 Å². The van der Waals surface area contributed by atoms with Gasteiger partial charge in [-0.3, -0.25) is 0 Å². The maximum atomic E-state index is 0. The van der Waals surface area contributed by atoms with Crippen LogP contribution in [0.2, 0.25) is 0 Å². The molecule has 21 valence electrons. The molecule has 0 bridgehead atoms. The molecule has 0 aromatic carbocycles. The molecule has 0 aliphatic heterocycles. The van der Waals surface area contributed by atoms with E-state index in [9.17, 15) is 0 Å². The van der Waals surface area contributed by atoms with Crippen LogP contribution >= 0.6 is 0 Å². The van der Waals surface area contributed by atoms with Gasteiger partial charge in [-0.25, -0.2) is 0 Å². The Bertz CT molecular complexity index is 11.6. The van der Waals surface area contributed by atoms with Crippen LogP contribution in [0.1, 0.15) is 0 Å². The predicted octanol–water partition coefficient (Wildman–Crippen LogP) is -2.11. The second kappa shape index (κ2) is 25.1. The van der Waals surface area contributed by atoms with Crippen LogP contribution < -0.4 is 0 Å². The van der Waals surface area contributed by atoms with Crippen molar-refractivity contribution in [3.63, 3.8) is 0 Å². The van der Waals surface area contributed by atoms with Gasteiger partial charge in [0.1, 0.15) is 0 Å². The van der Waals surface area contributed by atoms with Crippen molar-refractivity contribution in [2.24, 2.45) is 0 Å². The fraction of sp³-hybridized carbons (Fsp3) is 0. The fourth-order valence-electron chi connectivity index (χ4n) is 0. The molecule has 0 saturated heterocycles. The molecule has 0 nitrogen and oxygen atoms in total. The second-order valence-electron chi connectivity index (χ2n) is 0. The smallest absolute Gasteiger partial charge is 0 e. The third-order valence-corrected chi connectivity index (χ3v) is 0. The van der Waals surface area contributed by atoms with Gasteiger partial charge >= 0.3 is 23.1 Å².